The van der Waals surface area contributed by atoms with Crippen molar-refractivity contribution in [1.82, 2.24) is 9.88 Å². The van der Waals surface area contributed by atoms with Gasteiger partial charge in [0.05, 0.1) is 17.8 Å². The maximum absolute atomic E-state index is 12.5. The minimum Gasteiger partial charge on any atom is -0.462 e. The molecule has 2 aromatic rings. The summed E-state index contributed by atoms with van der Waals surface area (Å²) >= 11 is 6.26. The fourth-order valence-electron chi connectivity index (χ4n) is 3.35. The van der Waals surface area contributed by atoms with Gasteiger partial charge in [0.2, 0.25) is 0 Å². The van der Waals surface area contributed by atoms with Crippen molar-refractivity contribution in [2.45, 2.75) is 20.8 Å². The Kier molecular flexibility index (Phi) is 7.09. The summed E-state index contributed by atoms with van der Waals surface area (Å²) in [5.74, 6) is -0.322. The van der Waals surface area contributed by atoms with E-state index in [2.05, 4.69) is 21.7 Å². The lowest BCUT2D eigenvalue weighted by molar-refractivity contribution is 0.0526. The third-order valence-corrected chi connectivity index (χ3v) is 5.24. The number of piperazine rings is 1. The zero-order chi connectivity index (χ0) is 18.0. The summed E-state index contributed by atoms with van der Waals surface area (Å²) in [6.07, 6.45) is 1.63. The van der Waals surface area contributed by atoms with Crippen molar-refractivity contribution in [3.63, 3.8) is 0 Å². The van der Waals surface area contributed by atoms with E-state index in [0.29, 0.717) is 17.2 Å². The second kappa shape index (κ2) is 8.89. The predicted octanol–water partition coefficient (Wildman–Crippen LogP) is 3.94. The molecule has 0 saturated carbocycles. The lowest BCUT2D eigenvalue weighted by atomic mass is 10.0. The number of carbonyl (C=O) groups excluding carboxylic acids is 1. The Hall–Kier alpha value is -1.56. The number of pyridine rings is 1. The molecular weight excluding hydrogens is 373 g/mol. The normalized spacial score (nSPS) is 15.0. The zero-order valence-corrected chi connectivity index (χ0v) is 17.0. The molecule has 1 saturated heterocycles. The number of halogens is 2. The summed E-state index contributed by atoms with van der Waals surface area (Å²) in [6.45, 7) is 11.1. The summed E-state index contributed by atoms with van der Waals surface area (Å²) in [6, 6.07) is 3.84. The third-order valence-electron chi connectivity index (χ3n) is 4.83. The molecule has 5 nitrogen and oxygen atoms in total. The molecule has 0 spiro atoms. The van der Waals surface area contributed by atoms with Crippen LogP contribution in [0.5, 0.6) is 0 Å². The maximum Gasteiger partial charge on any atom is 0.341 e. The molecule has 1 aromatic carbocycles. The number of hydrogen-bond donors (Lipinski definition) is 0. The van der Waals surface area contributed by atoms with Gasteiger partial charge in [-0.2, -0.15) is 0 Å². The molecule has 0 amide bonds. The summed E-state index contributed by atoms with van der Waals surface area (Å²) in [4.78, 5) is 21.7. The fraction of sp³-hybridized carbons (Fsp3) is 0.474. The lowest BCUT2D eigenvalue weighted by Gasteiger charge is -2.36. The van der Waals surface area contributed by atoms with Gasteiger partial charge in [-0.1, -0.05) is 18.5 Å². The third kappa shape index (κ3) is 3.90. The molecule has 3 rings (SSSR count). The van der Waals surface area contributed by atoms with Gasteiger partial charge in [-0.25, -0.2) is 4.79 Å². The molecule has 0 atom stereocenters. The molecule has 0 aliphatic carbocycles. The van der Waals surface area contributed by atoms with Gasteiger partial charge in [0, 0.05) is 42.8 Å². The Morgan fingerprint density at radius 1 is 1.23 bits per heavy atom. The number of carbonyl (C=O) groups is 1. The number of fused-ring (bicyclic) bond motifs is 1. The quantitative estimate of drug-likeness (QED) is 0.731. The topological polar surface area (TPSA) is 45.7 Å². The van der Waals surface area contributed by atoms with Crippen molar-refractivity contribution in [3.05, 3.63) is 34.5 Å². The van der Waals surface area contributed by atoms with Crippen LogP contribution in [0, 0.1) is 6.92 Å². The number of aryl methyl sites for hydroxylation is 1. The first-order valence-corrected chi connectivity index (χ1v) is 9.16. The van der Waals surface area contributed by atoms with Crippen LogP contribution in [0.1, 0.15) is 29.8 Å². The van der Waals surface area contributed by atoms with Gasteiger partial charge in [-0.3, -0.25) is 4.98 Å². The van der Waals surface area contributed by atoms with E-state index >= 15 is 0 Å². The number of nitrogens with zero attached hydrogens (tertiary/aromatic N) is 3. The highest BCUT2D eigenvalue weighted by atomic mass is 35.5. The molecule has 2 heterocycles. The standard InChI is InChI=1S/C19H24ClN3O2.ClH/c1-4-22-8-10-23(11-9-22)18-14-6-7-16(20)13(3)17(14)21-12-15(18)19(24)25-5-2;/h6-7,12H,4-5,8-11H2,1-3H3;1H. The summed E-state index contributed by atoms with van der Waals surface area (Å²) in [7, 11) is 0. The minimum atomic E-state index is -0.322. The lowest BCUT2D eigenvalue weighted by Crippen LogP contribution is -2.46. The van der Waals surface area contributed by atoms with E-state index in [1.54, 1.807) is 6.20 Å². The van der Waals surface area contributed by atoms with Crippen molar-refractivity contribution in [1.29, 1.82) is 0 Å². The van der Waals surface area contributed by atoms with Crippen LogP contribution >= 0.6 is 24.0 Å². The number of hydrogen-bond acceptors (Lipinski definition) is 5. The van der Waals surface area contributed by atoms with Gasteiger partial charge < -0.3 is 14.5 Å². The SMILES string of the molecule is CCOC(=O)c1cnc2c(C)c(Cl)ccc2c1N1CCN(CC)CC1.Cl. The van der Waals surface area contributed by atoms with E-state index < -0.39 is 0 Å². The zero-order valence-electron chi connectivity index (χ0n) is 15.4. The van der Waals surface area contributed by atoms with Crippen molar-refractivity contribution < 1.29 is 9.53 Å². The second-order valence-corrected chi connectivity index (χ2v) is 6.64. The molecule has 1 aromatic heterocycles. The van der Waals surface area contributed by atoms with Gasteiger partial charge in [-0.05, 0) is 38.1 Å². The van der Waals surface area contributed by atoms with Crippen LogP contribution in [-0.4, -0.2) is 55.2 Å². The number of ether oxygens (including phenoxy) is 1. The predicted molar refractivity (Wildman–Crippen MR) is 109 cm³/mol. The van der Waals surface area contributed by atoms with E-state index in [1.807, 2.05) is 26.0 Å². The first-order chi connectivity index (χ1) is 12.1. The molecular formula is C19H25Cl2N3O2. The van der Waals surface area contributed by atoms with Crippen LogP contribution < -0.4 is 4.90 Å². The molecule has 0 bridgehead atoms. The van der Waals surface area contributed by atoms with E-state index in [4.69, 9.17) is 16.3 Å². The Balaban J connectivity index is 0.00000243. The molecule has 142 valence electrons. The van der Waals surface area contributed by atoms with Gasteiger partial charge >= 0.3 is 5.97 Å². The fourth-order valence-corrected chi connectivity index (χ4v) is 3.51. The van der Waals surface area contributed by atoms with Crippen LogP contribution in [0.3, 0.4) is 0 Å². The largest absolute Gasteiger partial charge is 0.462 e. The molecule has 7 heteroatoms. The molecule has 0 N–H and O–H groups in total. The number of anilines is 1. The van der Waals surface area contributed by atoms with Crippen LogP contribution in [0.15, 0.2) is 18.3 Å². The summed E-state index contributed by atoms with van der Waals surface area (Å²) in [5, 5.41) is 1.64. The molecule has 0 unspecified atom stereocenters. The molecule has 1 aliphatic heterocycles. The summed E-state index contributed by atoms with van der Waals surface area (Å²) < 4.78 is 5.26. The van der Waals surface area contributed by atoms with Crippen LogP contribution in [-0.2, 0) is 4.74 Å². The minimum absolute atomic E-state index is 0. The number of esters is 1. The van der Waals surface area contributed by atoms with Crippen LogP contribution in [0.4, 0.5) is 5.69 Å². The first kappa shape index (κ1) is 20.7. The monoisotopic (exact) mass is 397 g/mol. The van der Waals surface area contributed by atoms with Gasteiger partial charge in [0.25, 0.3) is 0 Å². The number of likely N-dealkylation sites (N-methyl/N-ethyl adjacent to an activating group) is 1. The molecule has 0 radical (unpaired) electrons. The highest BCUT2D eigenvalue weighted by Crippen LogP contribution is 2.34. The van der Waals surface area contributed by atoms with Crippen molar-refractivity contribution in [2.75, 3.05) is 44.2 Å². The van der Waals surface area contributed by atoms with Crippen LogP contribution in [0.2, 0.25) is 5.02 Å². The average molecular weight is 398 g/mol. The Labute approximate surface area is 165 Å². The summed E-state index contributed by atoms with van der Waals surface area (Å²) in [5.41, 5.74) is 3.22. The van der Waals surface area contributed by atoms with Gasteiger partial charge in [-0.15, -0.1) is 12.4 Å². The van der Waals surface area contributed by atoms with Gasteiger partial charge in [0.15, 0.2) is 0 Å². The average Bonchev–Trinajstić information content (AvgIpc) is 2.64. The van der Waals surface area contributed by atoms with Crippen molar-refractivity contribution in [3.8, 4) is 0 Å². The first-order valence-electron chi connectivity index (χ1n) is 8.79. The Morgan fingerprint density at radius 2 is 1.92 bits per heavy atom. The highest BCUT2D eigenvalue weighted by molar-refractivity contribution is 6.32. The van der Waals surface area contributed by atoms with Crippen LogP contribution in [0.25, 0.3) is 10.9 Å². The van der Waals surface area contributed by atoms with E-state index in [-0.39, 0.29) is 18.4 Å². The number of aromatic nitrogens is 1. The number of rotatable bonds is 4. The Morgan fingerprint density at radius 3 is 2.54 bits per heavy atom. The van der Waals surface area contributed by atoms with E-state index in [0.717, 1.165) is 54.9 Å². The number of benzene rings is 1. The van der Waals surface area contributed by atoms with Crippen molar-refractivity contribution >= 4 is 46.6 Å². The molecule has 26 heavy (non-hydrogen) atoms. The molecule has 1 fully saturated rings. The molecule has 1 aliphatic rings. The maximum atomic E-state index is 12.5. The van der Waals surface area contributed by atoms with Gasteiger partial charge in [0.1, 0.15) is 5.56 Å². The van der Waals surface area contributed by atoms with E-state index in [1.165, 1.54) is 0 Å². The smallest absolute Gasteiger partial charge is 0.341 e. The highest BCUT2D eigenvalue weighted by Gasteiger charge is 2.25. The van der Waals surface area contributed by atoms with Crippen molar-refractivity contribution in [2.24, 2.45) is 0 Å². The second-order valence-electron chi connectivity index (χ2n) is 6.23. The Bertz CT molecular complexity index is 790. The van der Waals surface area contributed by atoms with E-state index in [9.17, 15) is 4.79 Å².